The molecule has 2 N–H and O–H groups in total. The van der Waals surface area contributed by atoms with E-state index in [1.54, 1.807) is 12.1 Å². The average molecular weight is 226 g/mol. The maximum Gasteiger partial charge on any atom is 0.335 e. The lowest BCUT2D eigenvalue weighted by Crippen LogP contribution is -2.33. The van der Waals surface area contributed by atoms with Crippen molar-refractivity contribution < 1.29 is 9.90 Å². The lowest BCUT2D eigenvalue weighted by Gasteiger charge is -2.18. The maximum absolute atomic E-state index is 10.6. The van der Waals surface area contributed by atoms with Crippen molar-refractivity contribution >= 4 is 24.5 Å². The number of benzene rings is 1. The predicted octanol–water partition coefficient (Wildman–Crippen LogP) is 1.79. The number of halogens is 1. The van der Waals surface area contributed by atoms with Crippen LogP contribution in [0.25, 0.3) is 6.08 Å². The van der Waals surface area contributed by atoms with E-state index in [1.165, 1.54) is 5.57 Å². The Morgan fingerprint density at radius 1 is 1.27 bits per heavy atom. The van der Waals surface area contributed by atoms with Gasteiger partial charge in [-0.2, -0.15) is 0 Å². The zero-order valence-corrected chi connectivity index (χ0v) is 8.88. The van der Waals surface area contributed by atoms with E-state index in [4.69, 9.17) is 5.11 Å². The molecular formula is C11H12ClNO2. The summed E-state index contributed by atoms with van der Waals surface area (Å²) < 4.78 is 0. The van der Waals surface area contributed by atoms with E-state index in [2.05, 4.69) is 11.4 Å². The van der Waals surface area contributed by atoms with Crippen LogP contribution in [0.1, 0.15) is 15.9 Å². The number of carboxylic acid groups (broad SMARTS) is 1. The maximum atomic E-state index is 10.6. The molecule has 0 unspecified atom stereocenters. The second-order valence-electron chi connectivity index (χ2n) is 3.33. The summed E-state index contributed by atoms with van der Waals surface area (Å²) in [5.41, 5.74) is 2.75. The number of nitrogens with one attached hydrogen (secondary N) is 1. The number of hydrogen-bond donors (Lipinski definition) is 2. The first kappa shape index (κ1) is 11.8. The standard InChI is InChI=1S/C11H11NO2.ClH/c13-11(14)10-3-1-8(2-4-10)5-9-6-12-7-9;/h1-5,12H,6-7H2,(H,13,14);1H. The molecule has 4 heteroatoms. The quantitative estimate of drug-likeness (QED) is 0.807. The minimum absolute atomic E-state index is 0. The predicted molar refractivity (Wildman–Crippen MR) is 61.5 cm³/mol. The van der Waals surface area contributed by atoms with Crippen molar-refractivity contribution in [2.45, 2.75) is 0 Å². The van der Waals surface area contributed by atoms with Crippen molar-refractivity contribution in [3.63, 3.8) is 0 Å². The molecule has 0 bridgehead atoms. The Morgan fingerprint density at radius 3 is 2.27 bits per heavy atom. The summed E-state index contributed by atoms with van der Waals surface area (Å²) in [7, 11) is 0. The number of carboxylic acids is 1. The third-order valence-corrected chi connectivity index (χ3v) is 2.23. The van der Waals surface area contributed by atoms with Crippen LogP contribution in [-0.2, 0) is 0 Å². The van der Waals surface area contributed by atoms with E-state index in [-0.39, 0.29) is 12.4 Å². The molecule has 1 aliphatic heterocycles. The summed E-state index contributed by atoms with van der Waals surface area (Å²) in [6, 6.07) is 6.91. The molecule has 2 rings (SSSR count). The summed E-state index contributed by atoms with van der Waals surface area (Å²) in [6.07, 6.45) is 2.09. The third-order valence-electron chi connectivity index (χ3n) is 2.23. The zero-order chi connectivity index (χ0) is 9.97. The number of hydrogen-bond acceptors (Lipinski definition) is 2. The lowest BCUT2D eigenvalue weighted by atomic mass is 10.1. The minimum Gasteiger partial charge on any atom is -0.478 e. The molecule has 1 aliphatic rings. The molecule has 0 amide bonds. The second-order valence-corrected chi connectivity index (χ2v) is 3.33. The molecule has 1 saturated heterocycles. The molecule has 0 atom stereocenters. The fraction of sp³-hybridized carbons (Fsp3) is 0.182. The van der Waals surface area contributed by atoms with Gasteiger partial charge in [0, 0.05) is 13.1 Å². The van der Waals surface area contributed by atoms with Crippen LogP contribution in [0.5, 0.6) is 0 Å². The van der Waals surface area contributed by atoms with Crippen LogP contribution >= 0.6 is 12.4 Å². The van der Waals surface area contributed by atoms with Crippen LogP contribution in [0.15, 0.2) is 29.8 Å². The number of carbonyl (C=O) groups is 1. The Morgan fingerprint density at radius 2 is 1.87 bits per heavy atom. The summed E-state index contributed by atoms with van der Waals surface area (Å²) in [4.78, 5) is 10.6. The molecule has 0 saturated carbocycles. The normalized spacial score (nSPS) is 13.7. The monoisotopic (exact) mass is 225 g/mol. The molecule has 1 fully saturated rings. The minimum atomic E-state index is -0.880. The molecule has 80 valence electrons. The van der Waals surface area contributed by atoms with E-state index in [0.29, 0.717) is 5.56 Å². The van der Waals surface area contributed by atoms with Crippen LogP contribution in [0.4, 0.5) is 0 Å². The lowest BCUT2D eigenvalue weighted by molar-refractivity contribution is 0.0697. The van der Waals surface area contributed by atoms with Gasteiger partial charge in [-0.05, 0) is 23.3 Å². The van der Waals surface area contributed by atoms with Crippen molar-refractivity contribution in [1.29, 1.82) is 0 Å². The Hall–Kier alpha value is -1.32. The van der Waals surface area contributed by atoms with Gasteiger partial charge in [-0.25, -0.2) is 4.79 Å². The highest BCUT2D eigenvalue weighted by atomic mass is 35.5. The highest BCUT2D eigenvalue weighted by Crippen LogP contribution is 2.11. The summed E-state index contributed by atoms with van der Waals surface area (Å²) in [5.74, 6) is -0.880. The Labute approximate surface area is 94.2 Å². The van der Waals surface area contributed by atoms with Gasteiger partial charge in [0.05, 0.1) is 5.56 Å². The van der Waals surface area contributed by atoms with Crippen molar-refractivity contribution in [2.24, 2.45) is 0 Å². The summed E-state index contributed by atoms with van der Waals surface area (Å²) >= 11 is 0. The first-order valence-corrected chi connectivity index (χ1v) is 4.49. The van der Waals surface area contributed by atoms with Crippen LogP contribution in [0, 0.1) is 0 Å². The van der Waals surface area contributed by atoms with Gasteiger partial charge in [0.25, 0.3) is 0 Å². The average Bonchev–Trinajstić information content (AvgIpc) is 2.12. The molecule has 1 aromatic rings. The van der Waals surface area contributed by atoms with Gasteiger partial charge in [0.2, 0.25) is 0 Å². The molecule has 0 aliphatic carbocycles. The first-order chi connectivity index (χ1) is 6.75. The van der Waals surface area contributed by atoms with E-state index in [0.717, 1.165) is 18.7 Å². The van der Waals surface area contributed by atoms with Crippen LogP contribution in [0.2, 0.25) is 0 Å². The van der Waals surface area contributed by atoms with Crippen LogP contribution in [0.3, 0.4) is 0 Å². The van der Waals surface area contributed by atoms with E-state index in [1.807, 2.05) is 12.1 Å². The highest BCUT2D eigenvalue weighted by Gasteiger charge is 2.06. The van der Waals surface area contributed by atoms with Crippen LogP contribution < -0.4 is 5.32 Å². The smallest absolute Gasteiger partial charge is 0.335 e. The second kappa shape index (κ2) is 4.96. The van der Waals surface area contributed by atoms with Gasteiger partial charge in [-0.15, -0.1) is 12.4 Å². The van der Waals surface area contributed by atoms with Gasteiger partial charge in [0.15, 0.2) is 0 Å². The van der Waals surface area contributed by atoms with E-state index < -0.39 is 5.97 Å². The van der Waals surface area contributed by atoms with Crippen molar-refractivity contribution in [2.75, 3.05) is 13.1 Å². The third kappa shape index (κ3) is 2.81. The SMILES string of the molecule is Cl.O=C(O)c1ccc(C=C2CNC2)cc1. The van der Waals surface area contributed by atoms with Gasteiger partial charge >= 0.3 is 5.97 Å². The molecule has 0 spiro atoms. The summed E-state index contributed by atoms with van der Waals surface area (Å²) in [6.45, 7) is 1.89. The molecule has 15 heavy (non-hydrogen) atoms. The first-order valence-electron chi connectivity index (χ1n) is 4.49. The van der Waals surface area contributed by atoms with Crippen molar-refractivity contribution in [3.05, 3.63) is 41.0 Å². The van der Waals surface area contributed by atoms with Crippen LogP contribution in [-0.4, -0.2) is 24.2 Å². The van der Waals surface area contributed by atoms with E-state index in [9.17, 15) is 4.79 Å². The molecular weight excluding hydrogens is 214 g/mol. The fourth-order valence-corrected chi connectivity index (χ4v) is 1.33. The number of aromatic carboxylic acids is 1. The Kier molecular flexibility index (Phi) is 3.88. The number of rotatable bonds is 2. The summed E-state index contributed by atoms with van der Waals surface area (Å²) in [5, 5.41) is 11.8. The molecule has 3 nitrogen and oxygen atoms in total. The fourth-order valence-electron chi connectivity index (χ4n) is 1.33. The van der Waals surface area contributed by atoms with E-state index >= 15 is 0 Å². The van der Waals surface area contributed by atoms with Crippen molar-refractivity contribution in [3.8, 4) is 0 Å². The zero-order valence-electron chi connectivity index (χ0n) is 8.06. The van der Waals surface area contributed by atoms with Gasteiger partial charge in [-0.1, -0.05) is 18.2 Å². The molecule has 0 radical (unpaired) electrons. The topological polar surface area (TPSA) is 49.3 Å². The highest BCUT2D eigenvalue weighted by molar-refractivity contribution is 5.87. The van der Waals surface area contributed by atoms with Gasteiger partial charge < -0.3 is 10.4 Å². The molecule has 1 heterocycles. The molecule has 0 aromatic heterocycles. The van der Waals surface area contributed by atoms with Crippen molar-refractivity contribution in [1.82, 2.24) is 5.32 Å². The molecule has 1 aromatic carbocycles. The van der Waals surface area contributed by atoms with Gasteiger partial charge in [0.1, 0.15) is 0 Å². The van der Waals surface area contributed by atoms with Gasteiger partial charge in [-0.3, -0.25) is 0 Å². The largest absolute Gasteiger partial charge is 0.478 e. The Bertz CT molecular complexity index is 378. The Balaban J connectivity index is 0.00000112.